The Hall–Kier alpha value is -2.17. The predicted octanol–water partition coefficient (Wildman–Crippen LogP) is 6.93. The number of allylic oxidation sites excluding steroid dienone is 2. The smallest absolute Gasteiger partial charge is 0.224 e. The van der Waals surface area contributed by atoms with E-state index in [0.29, 0.717) is 6.42 Å². The fourth-order valence-electron chi connectivity index (χ4n) is 3.50. The summed E-state index contributed by atoms with van der Waals surface area (Å²) < 4.78 is 0. The van der Waals surface area contributed by atoms with E-state index in [4.69, 9.17) is 0 Å². The van der Waals surface area contributed by atoms with E-state index < -0.39 is 0 Å². The molecule has 0 bridgehead atoms. The Morgan fingerprint density at radius 3 is 2.31 bits per heavy atom. The number of unbranched alkanes of at least 4 members (excludes halogenated alkanes) is 11. The topological polar surface area (TPSA) is 70.7 Å². The molecule has 0 aliphatic carbocycles. The van der Waals surface area contributed by atoms with Crippen molar-refractivity contribution in [2.24, 2.45) is 0 Å². The molecule has 29 heavy (non-hydrogen) atoms. The van der Waals surface area contributed by atoms with Crippen LogP contribution in [0.4, 0.5) is 5.69 Å². The van der Waals surface area contributed by atoms with Gasteiger partial charge in [-0.2, -0.15) is 0 Å². The summed E-state index contributed by atoms with van der Waals surface area (Å²) in [6, 6.07) is 5.60. The second-order valence-electron chi connectivity index (χ2n) is 7.93. The number of H-pyrrole nitrogens is 1. The van der Waals surface area contributed by atoms with Crippen LogP contribution in [-0.4, -0.2) is 21.3 Å². The highest BCUT2D eigenvalue weighted by Gasteiger charge is 2.04. The molecule has 2 rings (SSSR count). The van der Waals surface area contributed by atoms with Gasteiger partial charge in [0.2, 0.25) is 5.91 Å². The summed E-state index contributed by atoms with van der Waals surface area (Å²) in [5.74, 6) is 0.0745. The van der Waals surface area contributed by atoms with Gasteiger partial charge in [0.25, 0.3) is 0 Å². The van der Waals surface area contributed by atoms with E-state index in [1.807, 2.05) is 18.2 Å². The highest BCUT2D eigenvalue weighted by molar-refractivity contribution is 5.92. The molecule has 2 N–H and O–H groups in total. The Kier molecular flexibility index (Phi) is 11.8. The number of aromatic nitrogens is 3. The van der Waals surface area contributed by atoms with Crippen molar-refractivity contribution >= 4 is 22.6 Å². The molecule has 0 saturated carbocycles. The molecule has 0 fully saturated rings. The van der Waals surface area contributed by atoms with Crippen LogP contribution in [0.1, 0.15) is 96.8 Å². The highest BCUT2D eigenvalue weighted by Crippen LogP contribution is 2.16. The largest absolute Gasteiger partial charge is 0.326 e. The maximum Gasteiger partial charge on any atom is 0.224 e. The van der Waals surface area contributed by atoms with Gasteiger partial charge in [0, 0.05) is 12.1 Å². The van der Waals surface area contributed by atoms with Crippen molar-refractivity contribution in [2.75, 3.05) is 5.32 Å². The third kappa shape index (κ3) is 10.2. The van der Waals surface area contributed by atoms with Crippen LogP contribution in [-0.2, 0) is 4.79 Å². The second-order valence-corrected chi connectivity index (χ2v) is 7.93. The minimum absolute atomic E-state index is 0.0745. The number of aromatic amines is 1. The number of carbonyl (C=O) groups excluding carboxylic acids is 1. The maximum absolute atomic E-state index is 12.1. The number of amides is 1. The van der Waals surface area contributed by atoms with Gasteiger partial charge in [-0.25, -0.2) is 0 Å². The molecular formula is C24H38N4O. The minimum Gasteiger partial charge on any atom is -0.326 e. The molecule has 0 unspecified atom stereocenters. The predicted molar refractivity (Wildman–Crippen MR) is 122 cm³/mol. The van der Waals surface area contributed by atoms with Crippen molar-refractivity contribution in [1.82, 2.24) is 15.4 Å². The van der Waals surface area contributed by atoms with E-state index in [1.54, 1.807) is 0 Å². The van der Waals surface area contributed by atoms with E-state index in [2.05, 4.69) is 39.8 Å². The van der Waals surface area contributed by atoms with Crippen molar-refractivity contribution in [3.63, 3.8) is 0 Å². The van der Waals surface area contributed by atoms with Crippen LogP contribution in [0.5, 0.6) is 0 Å². The lowest BCUT2D eigenvalue weighted by atomic mass is 10.1. The average molecular weight is 399 g/mol. The molecule has 0 atom stereocenters. The summed E-state index contributed by atoms with van der Waals surface area (Å²) in [6.45, 7) is 2.27. The van der Waals surface area contributed by atoms with Gasteiger partial charge in [0.15, 0.2) is 0 Å². The third-order valence-electron chi connectivity index (χ3n) is 5.28. The van der Waals surface area contributed by atoms with E-state index in [1.165, 1.54) is 70.6 Å². The molecular weight excluding hydrogens is 360 g/mol. The Bertz CT molecular complexity index is 722. The zero-order valence-electron chi connectivity index (χ0n) is 18.1. The fraction of sp³-hybridized carbons (Fsp3) is 0.625. The molecule has 0 spiro atoms. The molecule has 0 radical (unpaired) electrons. The van der Waals surface area contributed by atoms with Gasteiger partial charge in [0.05, 0.1) is 5.52 Å². The van der Waals surface area contributed by atoms with E-state index in [0.717, 1.165) is 29.6 Å². The standard InChI is InChI=1S/C24H38N4O/c1-2-3-4-5-6-7-8-9-10-11-12-13-14-15-16-17-24(29)25-21-18-19-22-23(20-21)27-28-26-22/h9-10,18-20H,2-8,11-17H2,1H3,(H,25,29)(H,26,27,28). The van der Waals surface area contributed by atoms with Crippen LogP contribution < -0.4 is 5.32 Å². The number of hydrogen-bond acceptors (Lipinski definition) is 3. The molecule has 1 aromatic heterocycles. The molecule has 0 aliphatic heterocycles. The molecule has 5 heteroatoms. The number of hydrogen-bond donors (Lipinski definition) is 2. The third-order valence-corrected chi connectivity index (χ3v) is 5.28. The molecule has 0 aliphatic rings. The van der Waals surface area contributed by atoms with Crippen LogP contribution in [0.3, 0.4) is 0 Å². The quantitative estimate of drug-likeness (QED) is 0.238. The SMILES string of the molecule is CCCCCCCCC=CCCCCCCCC(=O)Nc1ccc2[nH]nnc2c1. The number of fused-ring (bicyclic) bond motifs is 1. The molecule has 1 amide bonds. The number of carbonyl (C=O) groups is 1. The maximum atomic E-state index is 12.1. The van der Waals surface area contributed by atoms with Gasteiger partial charge in [-0.15, -0.1) is 5.10 Å². The summed E-state index contributed by atoms with van der Waals surface area (Å²) in [7, 11) is 0. The zero-order valence-corrected chi connectivity index (χ0v) is 18.1. The average Bonchev–Trinajstić information content (AvgIpc) is 3.19. The second kappa shape index (κ2) is 14.8. The number of benzene rings is 1. The first kappa shape index (κ1) is 23.1. The highest BCUT2D eigenvalue weighted by atomic mass is 16.1. The monoisotopic (exact) mass is 398 g/mol. The van der Waals surface area contributed by atoms with E-state index in [9.17, 15) is 4.79 Å². The van der Waals surface area contributed by atoms with Crippen LogP contribution in [0.2, 0.25) is 0 Å². The number of nitrogens with one attached hydrogen (secondary N) is 2. The number of anilines is 1. The first-order valence-corrected chi connectivity index (χ1v) is 11.5. The lowest BCUT2D eigenvalue weighted by molar-refractivity contribution is -0.116. The Morgan fingerprint density at radius 1 is 0.931 bits per heavy atom. The lowest BCUT2D eigenvalue weighted by Crippen LogP contribution is -2.10. The van der Waals surface area contributed by atoms with Crippen molar-refractivity contribution in [2.45, 2.75) is 96.8 Å². The number of nitrogens with zero attached hydrogens (tertiary/aromatic N) is 2. The van der Waals surface area contributed by atoms with Gasteiger partial charge < -0.3 is 5.32 Å². The summed E-state index contributed by atoms with van der Waals surface area (Å²) in [6.07, 6.45) is 21.8. The summed E-state index contributed by atoms with van der Waals surface area (Å²) in [5.41, 5.74) is 2.42. The van der Waals surface area contributed by atoms with Crippen LogP contribution in [0.15, 0.2) is 30.4 Å². The zero-order chi connectivity index (χ0) is 20.6. The summed E-state index contributed by atoms with van der Waals surface area (Å²) in [4.78, 5) is 12.1. The first-order valence-electron chi connectivity index (χ1n) is 11.5. The van der Waals surface area contributed by atoms with Gasteiger partial charge in [-0.05, 0) is 50.3 Å². The Labute approximate surface area is 175 Å². The summed E-state index contributed by atoms with van der Waals surface area (Å²) in [5, 5.41) is 13.5. The van der Waals surface area contributed by atoms with Crippen LogP contribution >= 0.6 is 0 Å². The molecule has 5 nitrogen and oxygen atoms in total. The lowest BCUT2D eigenvalue weighted by Gasteiger charge is -2.05. The van der Waals surface area contributed by atoms with Gasteiger partial charge in [-0.3, -0.25) is 9.89 Å². The van der Waals surface area contributed by atoms with Crippen molar-refractivity contribution in [3.05, 3.63) is 30.4 Å². The van der Waals surface area contributed by atoms with Gasteiger partial charge in [-0.1, -0.05) is 75.7 Å². The molecule has 1 aromatic carbocycles. The number of rotatable bonds is 16. The normalized spacial score (nSPS) is 11.5. The summed E-state index contributed by atoms with van der Waals surface area (Å²) >= 11 is 0. The van der Waals surface area contributed by atoms with E-state index in [-0.39, 0.29) is 5.91 Å². The van der Waals surface area contributed by atoms with Gasteiger partial charge >= 0.3 is 0 Å². The van der Waals surface area contributed by atoms with Crippen molar-refractivity contribution < 1.29 is 4.79 Å². The van der Waals surface area contributed by atoms with Crippen LogP contribution in [0, 0.1) is 0 Å². The fourth-order valence-corrected chi connectivity index (χ4v) is 3.50. The van der Waals surface area contributed by atoms with Crippen molar-refractivity contribution in [3.8, 4) is 0 Å². The first-order chi connectivity index (χ1) is 14.3. The van der Waals surface area contributed by atoms with Crippen LogP contribution in [0.25, 0.3) is 11.0 Å². The molecule has 160 valence electrons. The van der Waals surface area contributed by atoms with E-state index >= 15 is 0 Å². The van der Waals surface area contributed by atoms with Crippen molar-refractivity contribution in [1.29, 1.82) is 0 Å². The molecule has 1 heterocycles. The molecule has 0 saturated heterocycles. The Morgan fingerprint density at radius 2 is 1.59 bits per heavy atom. The van der Waals surface area contributed by atoms with Gasteiger partial charge in [0.1, 0.15) is 5.52 Å². The Balaban J connectivity index is 1.40. The molecule has 2 aromatic rings. The minimum atomic E-state index is 0.0745.